The van der Waals surface area contributed by atoms with Gasteiger partial charge in [-0.1, -0.05) is 23.2 Å². The molecule has 2 rings (SSSR count). The molecule has 1 aromatic rings. The summed E-state index contributed by atoms with van der Waals surface area (Å²) in [5, 5.41) is -0.338. The molecule has 0 aromatic heterocycles. The number of carbonyl (C=O) groups is 2. The fraction of sp³-hybridized carbons (Fsp3) is 0.273. The van der Waals surface area contributed by atoms with Crippen molar-refractivity contribution in [3.05, 3.63) is 22.2 Å². The maximum absolute atomic E-state index is 12.3. The van der Waals surface area contributed by atoms with Crippen molar-refractivity contribution in [1.82, 2.24) is 9.62 Å². The summed E-state index contributed by atoms with van der Waals surface area (Å²) in [4.78, 5) is 23.6. The molecule has 1 aliphatic rings. The van der Waals surface area contributed by atoms with E-state index < -0.39 is 27.9 Å². The van der Waals surface area contributed by atoms with Gasteiger partial charge in [-0.05, 0) is 12.1 Å². The lowest BCUT2D eigenvalue weighted by Crippen LogP contribution is -2.40. The number of hydrogen-bond donors (Lipinski definition) is 2. The van der Waals surface area contributed by atoms with E-state index in [2.05, 4.69) is 4.72 Å². The van der Waals surface area contributed by atoms with E-state index in [1.54, 1.807) is 0 Å². The summed E-state index contributed by atoms with van der Waals surface area (Å²) in [6, 6.07) is 1.29. The van der Waals surface area contributed by atoms with Crippen LogP contribution in [0.1, 0.15) is 6.42 Å². The number of imide groups is 1. The van der Waals surface area contributed by atoms with Gasteiger partial charge in [0.15, 0.2) is 0 Å². The van der Waals surface area contributed by atoms with E-state index in [1.807, 2.05) is 0 Å². The van der Waals surface area contributed by atoms with E-state index in [9.17, 15) is 18.0 Å². The Labute approximate surface area is 131 Å². The van der Waals surface area contributed by atoms with E-state index in [0.717, 1.165) is 4.90 Å². The highest BCUT2D eigenvalue weighted by atomic mass is 35.5. The van der Waals surface area contributed by atoms with Crippen LogP contribution >= 0.6 is 23.2 Å². The number of hydrogen-bond acceptors (Lipinski definition) is 5. The molecule has 1 atom stereocenters. The first-order chi connectivity index (χ1) is 9.63. The molecule has 1 fully saturated rings. The Bertz CT molecular complexity index is 712. The van der Waals surface area contributed by atoms with E-state index >= 15 is 0 Å². The predicted molar refractivity (Wildman–Crippen MR) is 77.4 cm³/mol. The summed E-state index contributed by atoms with van der Waals surface area (Å²) >= 11 is 11.7. The minimum atomic E-state index is -4.17. The van der Waals surface area contributed by atoms with E-state index in [1.165, 1.54) is 19.2 Å². The van der Waals surface area contributed by atoms with Crippen molar-refractivity contribution < 1.29 is 18.0 Å². The van der Waals surface area contributed by atoms with Gasteiger partial charge in [-0.2, -0.15) is 4.72 Å². The maximum Gasteiger partial charge on any atom is 0.247 e. The molecular formula is C11H11Cl2N3O4S. The normalized spacial score (nSPS) is 19.4. The van der Waals surface area contributed by atoms with Crippen LogP contribution in [-0.4, -0.2) is 38.2 Å². The third kappa shape index (κ3) is 2.98. The number of halogens is 2. The standard InChI is InChI=1S/C11H11Cl2N3O4S/c1-16-9(17)4-8(11(16)18)15-21(19,20)10-6(12)2-5(14)3-7(10)13/h2-3,8,15H,4,14H2,1H3. The lowest BCUT2D eigenvalue weighted by Gasteiger charge is -2.14. The average Bonchev–Trinajstić information content (AvgIpc) is 2.54. The number of likely N-dealkylation sites (tertiary alicyclic amines) is 1. The summed E-state index contributed by atoms with van der Waals surface area (Å²) in [5.41, 5.74) is 5.71. The Morgan fingerprint density at radius 3 is 2.24 bits per heavy atom. The summed E-state index contributed by atoms with van der Waals surface area (Å²) in [6.07, 6.45) is -0.251. The van der Waals surface area contributed by atoms with Crippen molar-refractivity contribution in [2.75, 3.05) is 12.8 Å². The van der Waals surface area contributed by atoms with Gasteiger partial charge in [-0.15, -0.1) is 0 Å². The zero-order chi connectivity index (χ0) is 15.9. The molecule has 1 unspecified atom stereocenters. The highest BCUT2D eigenvalue weighted by molar-refractivity contribution is 7.89. The number of nitrogens with two attached hydrogens (primary N) is 1. The Hall–Kier alpha value is -1.35. The molecule has 0 saturated carbocycles. The molecule has 3 N–H and O–H groups in total. The lowest BCUT2D eigenvalue weighted by molar-refractivity contribution is -0.137. The van der Waals surface area contributed by atoms with Crippen LogP contribution < -0.4 is 10.5 Å². The molecule has 0 radical (unpaired) electrons. The lowest BCUT2D eigenvalue weighted by atomic mass is 10.3. The number of benzene rings is 1. The van der Waals surface area contributed by atoms with Gasteiger partial charge >= 0.3 is 0 Å². The number of amides is 2. The molecule has 0 aliphatic carbocycles. The number of anilines is 1. The van der Waals surface area contributed by atoms with Gasteiger partial charge in [0.25, 0.3) is 0 Å². The Morgan fingerprint density at radius 2 is 1.81 bits per heavy atom. The van der Waals surface area contributed by atoms with Crippen LogP contribution in [-0.2, 0) is 19.6 Å². The van der Waals surface area contributed by atoms with Gasteiger partial charge in [0.1, 0.15) is 10.9 Å². The molecule has 1 aliphatic heterocycles. The third-order valence-corrected chi connectivity index (χ3v) is 5.36. The molecule has 10 heteroatoms. The van der Waals surface area contributed by atoms with Gasteiger partial charge in [-0.25, -0.2) is 8.42 Å². The number of sulfonamides is 1. The van der Waals surface area contributed by atoms with Crippen LogP contribution in [0.2, 0.25) is 10.0 Å². The largest absolute Gasteiger partial charge is 0.399 e. The Morgan fingerprint density at radius 1 is 1.29 bits per heavy atom. The van der Waals surface area contributed by atoms with Gasteiger partial charge in [0, 0.05) is 12.7 Å². The fourth-order valence-electron chi connectivity index (χ4n) is 1.93. The second-order valence-corrected chi connectivity index (χ2v) is 6.95. The molecule has 21 heavy (non-hydrogen) atoms. The highest BCUT2D eigenvalue weighted by Gasteiger charge is 2.39. The molecule has 1 aromatic carbocycles. The zero-order valence-electron chi connectivity index (χ0n) is 10.8. The SMILES string of the molecule is CN1C(=O)CC(NS(=O)(=O)c2c(Cl)cc(N)cc2Cl)C1=O. The van der Waals surface area contributed by atoms with Crippen LogP contribution in [0.4, 0.5) is 5.69 Å². The Kier molecular flexibility index (Phi) is 4.16. The minimum absolute atomic E-state index is 0.169. The van der Waals surface area contributed by atoms with Crippen LogP contribution in [0.3, 0.4) is 0 Å². The third-order valence-electron chi connectivity index (χ3n) is 2.97. The second kappa shape index (κ2) is 5.45. The highest BCUT2D eigenvalue weighted by Crippen LogP contribution is 2.32. The van der Waals surface area contributed by atoms with Crippen LogP contribution in [0.25, 0.3) is 0 Å². The fourth-order valence-corrected chi connectivity index (χ4v) is 4.35. The smallest absolute Gasteiger partial charge is 0.247 e. The molecule has 2 amide bonds. The number of nitrogens with one attached hydrogen (secondary N) is 1. The average molecular weight is 352 g/mol. The van der Waals surface area contributed by atoms with Crippen molar-refractivity contribution in [3.8, 4) is 0 Å². The maximum atomic E-state index is 12.3. The molecular weight excluding hydrogens is 341 g/mol. The van der Waals surface area contributed by atoms with E-state index in [0.29, 0.717) is 0 Å². The second-order valence-electron chi connectivity index (χ2n) is 4.48. The van der Waals surface area contributed by atoms with Gasteiger partial charge in [0.2, 0.25) is 21.8 Å². The van der Waals surface area contributed by atoms with Crippen molar-refractivity contribution in [2.24, 2.45) is 0 Å². The first kappa shape index (κ1) is 16.0. The molecule has 0 spiro atoms. The molecule has 114 valence electrons. The molecule has 7 nitrogen and oxygen atoms in total. The number of nitrogens with zero attached hydrogens (tertiary/aromatic N) is 1. The van der Waals surface area contributed by atoms with Crippen molar-refractivity contribution in [3.63, 3.8) is 0 Å². The number of rotatable bonds is 3. The summed E-state index contributed by atoms with van der Waals surface area (Å²) < 4.78 is 26.7. The first-order valence-corrected chi connectivity index (χ1v) is 7.94. The van der Waals surface area contributed by atoms with Crippen LogP contribution in [0.15, 0.2) is 17.0 Å². The minimum Gasteiger partial charge on any atom is -0.399 e. The van der Waals surface area contributed by atoms with E-state index in [4.69, 9.17) is 28.9 Å². The summed E-state index contributed by atoms with van der Waals surface area (Å²) in [7, 11) is -2.89. The van der Waals surface area contributed by atoms with Gasteiger partial charge in [0.05, 0.1) is 16.5 Å². The first-order valence-electron chi connectivity index (χ1n) is 5.70. The zero-order valence-corrected chi connectivity index (χ0v) is 13.1. The van der Waals surface area contributed by atoms with Gasteiger partial charge < -0.3 is 5.73 Å². The van der Waals surface area contributed by atoms with Crippen molar-refractivity contribution >= 4 is 50.7 Å². The summed E-state index contributed by atoms with van der Waals surface area (Å²) in [5.74, 6) is -1.10. The number of nitrogen functional groups attached to an aromatic ring is 1. The number of likely N-dealkylation sites (N-methyl/N-ethyl adjacent to an activating group) is 1. The van der Waals surface area contributed by atoms with Gasteiger partial charge in [-0.3, -0.25) is 14.5 Å². The van der Waals surface area contributed by atoms with Crippen molar-refractivity contribution in [1.29, 1.82) is 0 Å². The number of carbonyl (C=O) groups excluding carboxylic acids is 2. The quantitative estimate of drug-likeness (QED) is 0.612. The summed E-state index contributed by atoms with van der Waals surface area (Å²) in [6.45, 7) is 0. The van der Waals surface area contributed by atoms with E-state index in [-0.39, 0.29) is 27.0 Å². The molecule has 1 saturated heterocycles. The van der Waals surface area contributed by atoms with Crippen molar-refractivity contribution in [2.45, 2.75) is 17.4 Å². The Balaban J connectivity index is 2.37. The monoisotopic (exact) mass is 351 g/mol. The van der Waals surface area contributed by atoms with Crippen LogP contribution in [0.5, 0.6) is 0 Å². The molecule has 0 bridgehead atoms. The van der Waals surface area contributed by atoms with Crippen LogP contribution in [0, 0.1) is 0 Å². The molecule has 1 heterocycles. The predicted octanol–water partition coefficient (Wildman–Crippen LogP) is 0.611. The topological polar surface area (TPSA) is 110 Å².